The van der Waals surface area contributed by atoms with Gasteiger partial charge in [0.1, 0.15) is 24.3 Å². The van der Waals surface area contributed by atoms with Crippen molar-refractivity contribution in [2.45, 2.75) is 13.0 Å². The first-order chi connectivity index (χ1) is 11.5. The van der Waals surface area contributed by atoms with Gasteiger partial charge in [-0.2, -0.15) is 0 Å². The molecule has 0 radical (unpaired) electrons. The van der Waals surface area contributed by atoms with E-state index in [1.54, 1.807) is 18.2 Å². The summed E-state index contributed by atoms with van der Waals surface area (Å²) in [6.07, 6.45) is 2.10. The van der Waals surface area contributed by atoms with Gasteiger partial charge in [-0.15, -0.1) is 0 Å². The van der Waals surface area contributed by atoms with Crippen molar-refractivity contribution < 1.29 is 19.0 Å². The van der Waals surface area contributed by atoms with E-state index in [4.69, 9.17) is 4.74 Å². The number of carbonyl (C=O) groups is 1. The predicted molar refractivity (Wildman–Crippen MR) is 91.1 cm³/mol. The van der Waals surface area contributed by atoms with E-state index in [2.05, 4.69) is 5.32 Å². The first-order valence-corrected chi connectivity index (χ1v) is 7.62. The zero-order valence-corrected chi connectivity index (χ0v) is 13.4. The Morgan fingerprint density at radius 3 is 2.67 bits per heavy atom. The third-order valence-corrected chi connectivity index (χ3v) is 3.33. The fourth-order valence-electron chi connectivity index (χ4n) is 1.99. The second-order valence-corrected chi connectivity index (χ2v) is 5.36. The summed E-state index contributed by atoms with van der Waals surface area (Å²) in [4.78, 5) is 11.7. The second-order valence-electron chi connectivity index (χ2n) is 5.36. The average Bonchev–Trinajstić information content (AvgIpc) is 2.58. The van der Waals surface area contributed by atoms with Gasteiger partial charge >= 0.3 is 0 Å². The number of aliphatic hydroxyl groups excluding tert-OH is 1. The maximum atomic E-state index is 12.8. The zero-order valence-electron chi connectivity index (χ0n) is 13.4. The van der Waals surface area contributed by atoms with Crippen LogP contribution in [0.3, 0.4) is 0 Å². The van der Waals surface area contributed by atoms with Crippen LogP contribution in [0.4, 0.5) is 4.39 Å². The molecule has 0 fully saturated rings. The standard InChI is InChI=1S/C19H20FNO3/c1-14-4-2-3-5-18(14)24-13-17(22)12-21-19(23)11-8-15-6-9-16(20)10-7-15/h2-11,17,22H,12-13H2,1H3,(H,21,23)/b11-8+. The third-order valence-electron chi connectivity index (χ3n) is 3.33. The Morgan fingerprint density at radius 1 is 1.25 bits per heavy atom. The minimum absolute atomic E-state index is 0.0818. The highest BCUT2D eigenvalue weighted by Gasteiger charge is 2.07. The van der Waals surface area contributed by atoms with Gasteiger partial charge in [0, 0.05) is 12.6 Å². The number of nitrogens with one attached hydrogen (secondary N) is 1. The van der Waals surface area contributed by atoms with Crippen molar-refractivity contribution in [2.75, 3.05) is 13.2 Å². The number of halogens is 1. The quantitative estimate of drug-likeness (QED) is 0.768. The highest BCUT2D eigenvalue weighted by atomic mass is 19.1. The molecule has 5 heteroatoms. The molecule has 4 nitrogen and oxygen atoms in total. The molecule has 1 atom stereocenters. The summed E-state index contributed by atoms with van der Waals surface area (Å²) in [5.74, 6) is 0.0433. The summed E-state index contributed by atoms with van der Waals surface area (Å²) in [7, 11) is 0. The van der Waals surface area contributed by atoms with Gasteiger partial charge in [0.25, 0.3) is 0 Å². The number of hydrogen-bond acceptors (Lipinski definition) is 3. The number of hydrogen-bond donors (Lipinski definition) is 2. The van der Waals surface area contributed by atoms with Crippen LogP contribution in [0.25, 0.3) is 6.08 Å². The lowest BCUT2D eigenvalue weighted by atomic mass is 10.2. The van der Waals surface area contributed by atoms with Crippen LogP contribution in [0.2, 0.25) is 0 Å². The highest BCUT2D eigenvalue weighted by Crippen LogP contribution is 2.16. The monoisotopic (exact) mass is 329 g/mol. The molecule has 0 aromatic heterocycles. The lowest BCUT2D eigenvalue weighted by Gasteiger charge is -2.14. The van der Waals surface area contributed by atoms with Gasteiger partial charge in [-0.1, -0.05) is 30.3 Å². The Kier molecular flexibility index (Phi) is 6.51. The van der Waals surface area contributed by atoms with E-state index < -0.39 is 6.10 Å². The molecule has 0 saturated carbocycles. The normalized spacial score (nSPS) is 12.1. The number of aryl methyl sites for hydroxylation is 1. The van der Waals surface area contributed by atoms with E-state index in [1.165, 1.54) is 18.2 Å². The molecule has 126 valence electrons. The van der Waals surface area contributed by atoms with Crippen molar-refractivity contribution in [1.82, 2.24) is 5.32 Å². The Hall–Kier alpha value is -2.66. The van der Waals surface area contributed by atoms with Gasteiger partial charge in [-0.05, 0) is 42.3 Å². The van der Waals surface area contributed by atoms with Crippen molar-refractivity contribution >= 4 is 12.0 Å². The third kappa shape index (κ3) is 5.85. The van der Waals surface area contributed by atoms with Gasteiger partial charge in [-0.3, -0.25) is 4.79 Å². The Balaban J connectivity index is 1.73. The molecule has 2 aromatic rings. The number of aliphatic hydroxyl groups is 1. The van der Waals surface area contributed by atoms with Crippen molar-refractivity contribution in [3.8, 4) is 5.75 Å². The summed E-state index contributed by atoms with van der Waals surface area (Å²) in [6.45, 7) is 2.09. The van der Waals surface area contributed by atoms with Crippen LogP contribution in [0.15, 0.2) is 54.6 Å². The molecular weight excluding hydrogens is 309 g/mol. The first kappa shape index (κ1) is 17.7. The molecule has 1 amide bonds. The Labute approximate surface area is 140 Å². The van der Waals surface area contributed by atoms with E-state index in [9.17, 15) is 14.3 Å². The number of rotatable bonds is 7. The summed E-state index contributed by atoms with van der Waals surface area (Å²) >= 11 is 0. The molecule has 2 N–H and O–H groups in total. The van der Waals surface area contributed by atoms with E-state index in [-0.39, 0.29) is 24.9 Å². The maximum absolute atomic E-state index is 12.8. The van der Waals surface area contributed by atoms with Gasteiger partial charge < -0.3 is 15.2 Å². The van der Waals surface area contributed by atoms with Gasteiger partial charge in [0.05, 0.1) is 0 Å². The molecule has 2 rings (SSSR count). The van der Waals surface area contributed by atoms with Crippen LogP contribution in [0.1, 0.15) is 11.1 Å². The average molecular weight is 329 g/mol. The number of para-hydroxylation sites is 1. The van der Waals surface area contributed by atoms with E-state index in [0.717, 1.165) is 11.1 Å². The lowest BCUT2D eigenvalue weighted by Crippen LogP contribution is -2.34. The molecule has 0 aliphatic rings. The summed E-state index contributed by atoms with van der Waals surface area (Å²) < 4.78 is 18.3. The second kappa shape index (κ2) is 8.84. The predicted octanol–water partition coefficient (Wildman–Crippen LogP) is 2.70. The van der Waals surface area contributed by atoms with Crippen molar-refractivity contribution in [1.29, 1.82) is 0 Å². The van der Waals surface area contributed by atoms with Crippen LogP contribution in [0, 0.1) is 12.7 Å². The summed E-state index contributed by atoms with van der Waals surface area (Å²) in [5.41, 5.74) is 1.70. The van der Waals surface area contributed by atoms with Crippen molar-refractivity contribution in [3.63, 3.8) is 0 Å². The molecule has 0 saturated heterocycles. The Morgan fingerprint density at radius 2 is 1.96 bits per heavy atom. The molecule has 0 aliphatic heterocycles. The van der Waals surface area contributed by atoms with Crippen LogP contribution in [-0.2, 0) is 4.79 Å². The van der Waals surface area contributed by atoms with Gasteiger partial charge in [0.15, 0.2) is 0 Å². The maximum Gasteiger partial charge on any atom is 0.244 e. The number of amides is 1. The molecule has 24 heavy (non-hydrogen) atoms. The molecule has 1 unspecified atom stereocenters. The van der Waals surface area contributed by atoms with Crippen LogP contribution < -0.4 is 10.1 Å². The fourth-order valence-corrected chi connectivity index (χ4v) is 1.99. The molecule has 0 bridgehead atoms. The summed E-state index contributed by atoms with van der Waals surface area (Å²) in [5, 5.41) is 12.4. The Bertz CT molecular complexity index is 698. The minimum Gasteiger partial charge on any atom is -0.491 e. The largest absolute Gasteiger partial charge is 0.491 e. The first-order valence-electron chi connectivity index (χ1n) is 7.62. The molecule has 0 aliphatic carbocycles. The fraction of sp³-hybridized carbons (Fsp3) is 0.211. The molecule has 2 aromatic carbocycles. The van der Waals surface area contributed by atoms with Crippen molar-refractivity contribution in [3.05, 3.63) is 71.6 Å². The lowest BCUT2D eigenvalue weighted by molar-refractivity contribution is -0.117. The zero-order chi connectivity index (χ0) is 17.4. The highest BCUT2D eigenvalue weighted by molar-refractivity contribution is 5.91. The SMILES string of the molecule is Cc1ccccc1OCC(O)CNC(=O)/C=C/c1ccc(F)cc1. The van der Waals surface area contributed by atoms with Crippen molar-refractivity contribution in [2.24, 2.45) is 0 Å². The van der Waals surface area contributed by atoms with Crippen LogP contribution in [-0.4, -0.2) is 30.3 Å². The molecule has 0 spiro atoms. The minimum atomic E-state index is -0.812. The summed E-state index contributed by atoms with van der Waals surface area (Å²) in [6, 6.07) is 13.3. The number of carbonyl (C=O) groups excluding carboxylic acids is 1. The number of ether oxygens (including phenoxy) is 1. The molecule has 0 heterocycles. The van der Waals surface area contributed by atoms with Crippen LogP contribution >= 0.6 is 0 Å². The number of benzene rings is 2. The smallest absolute Gasteiger partial charge is 0.244 e. The molecular formula is C19H20FNO3. The topological polar surface area (TPSA) is 58.6 Å². The van der Waals surface area contributed by atoms with Gasteiger partial charge in [-0.25, -0.2) is 4.39 Å². The van der Waals surface area contributed by atoms with E-state index in [0.29, 0.717) is 5.75 Å². The van der Waals surface area contributed by atoms with E-state index >= 15 is 0 Å². The van der Waals surface area contributed by atoms with E-state index in [1.807, 2.05) is 31.2 Å². The van der Waals surface area contributed by atoms with Crippen LogP contribution in [0.5, 0.6) is 5.75 Å². The van der Waals surface area contributed by atoms with Gasteiger partial charge in [0.2, 0.25) is 5.91 Å².